The molecule has 3 aromatic rings. The number of benzene rings is 2. The second-order valence-electron chi connectivity index (χ2n) is 5.62. The van der Waals surface area contributed by atoms with Crippen molar-refractivity contribution >= 4 is 34.4 Å². The number of para-hydroxylation sites is 2. The number of halogens is 3. The zero-order chi connectivity index (χ0) is 17.6. The summed E-state index contributed by atoms with van der Waals surface area (Å²) in [7, 11) is 0. The van der Waals surface area contributed by atoms with Crippen molar-refractivity contribution in [1.82, 2.24) is 4.98 Å². The summed E-state index contributed by atoms with van der Waals surface area (Å²) < 4.78 is 0. The number of hydrogen-bond acceptors (Lipinski definition) is 3. The maximum Gasteiger partial charge on any atom is 2.00 e. The topological polar surface area (TPSA) is 37.6 Å². The fourth-order valence-electron chi connectivity index (χ4n) is 2.37. The van der Waals surface area contributed by atoms with Gasteiger partial charge < -0.3 is 24.8 Å². The average molecular weight is 478 g/mol. The van der Waals surface area contributed by atoms with Gasteiger partial charge in [0.2, 0.25) is 0 Å². The molecule has 0 bridgehead atoms. The molecule has 1 aromatic heterocycles. The first-order valence-electron chi connectivity index (χ1n) is 8.01. The first kappa shape index (κ1) is 26.3. The van der Waals surface area contributed by atoms with E-state index in [0.717, 1.165) is 34.2 Å². The molecular weight excluding hydrogens is 460 g/mol. The first-order valence-corrected chi connectivity index (χ1v) is 8.38. The van der Waals surface area contributed by atoms with Crippen LogP contribution >= 0.6 is 11.6 Å². The van der Waals surface area contributed by atoms with Crippen molar-refractivity contribution in [2.75, 3.05) is 0 Å². The molecule has 0 aliphatic carbocycles. The van der Waals surface area contributed by atoms with Gasteiger partial charge in [0, 0.05) is 5.02 Å². The van der Waals surface area contributed by atoms with Crippen molar-refractivity contribution < 1.29 is 41.6 Å². The van der Waals surface area contributed by atoms with Crippen LogP contribution in [0.2, 0.25) is 5.02 Å². The summed E-state index contributed by atoms with van der Waals surface area (Å²) in [6, 6.07) is 23.2. The van der Waals surface area contributed by atoms with E-state index in [4.69, 9.17) is 11.6 Å². The molecule has 0 atom stereocenters. The van der Waals surface area contributed by atoms with Crippen LogP contribution in [0.15, 0.2) is 82.8 Å². The standard InChI is InChI=1S/C21H18ClN3.2ClH.Co/c1-15(23-18-9-5-3-6-10-18)20-13-17(22)14-21(25-20)16(2)24-19-11-7-4-8-12-19;;;/h3-14H,1-2H3;2*1H;/q;;;+2/p-2. The quantitative estimate of drug-likeness (QED) is 0.489. The van der Waals surface area contributed by atoms with Crippen LogP contribution in [-0.2, 0) is 16.8 Å². The minimum Gasteiger partial charge on any atom is -1.00 e. The van der Waals surface area contributed by atoms with E-state index in [1.54, 1.807) is 0 Å². The van der Waals surface area contributed by atoms with Crippen LogP contribution in [0.5, 0.6) is 0 Å². The van der Waals surface area contributed by atoms with Gasteiger partial charge in [-0.05, 0) is 50.2 Å². The van der Waals surface area contributed by atoms with Crippen molar-refractivity contribution in [3.63, 3.8) is 0 Å². The van der Waals surface area contributed by atoms with Gasteiger partial charge in [0.05, 0.1) is 34.2 Å². The Morgan fingerprint density at radius 2 is 1.07 bits per heavy atom. The predicted octanol–water partition coefficient (Wildman–Crippen LogP) is 0.0219. The summed E-state index contributed by atoms with van der Waals surface area (Å²) in [6.45, 7) is 3.86. The van der Waals surface area contributed by atoms with E-state index >= 15 is 0 Å². The summed E-state index contributed by atoms with van der Waals surface area (Å²) in [5.41, 5.74) is 4.88. The van der Waals surface area contributed by atoms with Crippen LogP contribution in [0.3, 0.4) is 0 Å². The number of aliphatic imine (C=N–C) groups is 2. The summed E-state index contributed by atoms with van der Waals surface area (Å²) >= 11 is 6.29. The number of hydrogen-bond donors (Lipinski definition) is 0. The molecule has 28 heavy (non-hydrogen) atoms. The van der Waals surface area contributed by atoms with Crippen LogP contribution < -0.4 is 24.8 Å². The third-order valence-electron chi connectivity index (χ3n) is 3.64. The van der Waals surface area contributed by atoms with Gasteiger partial charge in [-0.1, -0.05) is 48.0 Å². The third-order valence-corrected chi connectivity index (χ3v) is 3.86. The number of pyridine rings is 1. The van der Waals surface area contributed by atoms with Gasteiger partial charge in [-0.2, -0.15) is 0 Å². The van der Waals surface area contributed by atoms with Gasteiger partial charge in [0.1, 0.15) is 0 Å². The van der Waals surface area contributed by atoms with E-state index in [2.05, 4.69) is 15.0 Å². The monoisotopic (exact) mass is 476 g/mol. The van der Waals surface area contributed by atoms with Crippen LogP contribution in [0.1, 0.15) is 25.2 Å². The van der Waals surface area contributed by atoms with Gasteiger partial charge >= 0.3 is 16.8 Å². The second-order valence-corrected chi connectivity index (χ2v) is 6.06. The van der Waals surface area contributed by atoms with Gasteiger partial charge in [-0.15, -0.1) is 0 Å². The molecule has 0 spiro atoms. The molecule has 147 valence electrons. The number of nitrogens with zero attached hydrogens (tertiary/aromatic N) is 3. The predicted molar refractivity (Wildman–Crippen MR) is 106 cm³/mol. The van der Waals surface area contributed by atoms with E-state index in [1.165, 1.54) is 0 Å². The van der Waals surface area contributed by atoms with Gasteiger partial charge in [0.15, 0.2) is 0 Å². The Kier molecular flexibility index (Phi) is 11.9. The molecule has 2 aromatic carbocycles. The van der Waals surface area contributed by atoms with Crippen LogP contribution in [0, 0.1) is 0 Å². The Bertz CT molecular complexity index is 856. The van der Waals surface area contributed by atoms with Crippen LogP contribution in [0.4, 0.5) is 11.4 Å². The largest absolute Gasteiger partial charge is 2.00 e. The Labute approximate surface area is 193 Å². The molecule has 0 saturated heterocycles. The van der Waals surface area contributed by atoms with Crippen LogP contribution in [-0.4, -0.2) is 16.4 Å². The molecule has 3 nitrogen and oxygen atoms in total. The molecule has 0 aliphatic rings. The zero-order valence-electron chi connectivity index (χ0n) is 15.2. The molecule has 0 saturated carbocycles. The van der Waals surface area contributed by atoms with E-state index in [-0.39, 0.29) is 41.6 Å². The van der Waals surface area contributed by atoms with Gasteiger partial charge in [0.25, 0.3) is 0 Å². The van der Waals surface area contributed by atoms with E-state index in [0.29, 0.717) is 5.02 Å². The smallest absolute Gasteiger partial charge is 1.00 e. The van der Waals surface area contributed by atoms with Crippen LogP contribution in [0.25, 0.3) is 0 Å². The Morgan fingerprint density at radius 1 is 0.714 bits per heavy atom. The molecule has 1 radical (unpaired) electrons. The molecule has 0 fully saturated rings. The maximum absolute atomic E-state index is 6.29. The Hall–Kier alpha value is -1.69. The zero-order valence-corrected chi connectivity index (χ0v) is 18.5. The van der Waals surface area contributed by atoms with E-state index in [1.807, 2.05) is 86.6 Å². The SMILES string of the molecule is CC(=Nc1ccccc1)c1cc(Cl)cc(C(C)=Nc2ccccc2)n1.[Cl-].[Cl-].[Co+2]. The Balaban J connectivity index is 0.00000243. The van der Waals surface area contributed by atoms with Gasteiger partial charge in [-0.3, -0.25) is 9.98 Å². The molecule has 7 heteroatoms. The molecule has 0 aliphatic heterocycles. The number of rotatable bonds is 4. The minimum absolute atomic E-state index is 0. The van der Waals surface area contributed by atoms with Crippen molar-refractivity contribution in [3.8, 4) is 0 Å². The van der Waals surface area contributed by atoms with Crippen molar-refractivity contribution in [2.24, 2.45) is 9.98 Å². The first-order chi connectivity index (χ1) is 12.1. The summed E-state index contributed by atoms with van der Waals surface area (Å²) in [4.78, 5) is 13.9. The molecule has 1 heterocycles. The summed E-state index contributed by atoms with van der Waals surface area (Å²) in [6.07, 6.45) is 0. The average Bonchev–Trinajstić information content (AvgIpc) is 2.63. The number of aromatic nitrogens is 1. The van der Waals surface area contributed by atoms with Crippen molar-refractivity contribution in [3.05, 3.63) is 89.2 Å². The Morgan fingerprint density at radius 3 is 1.43 bits per heavy atom. The normalized spacial score (nSPS) is 11.0. The second kappa shape index (κ2) is 12.7. The maximum atomic E-state index is 6.29. The fraction of sp³-hybridized carbons (Fsp3) is 0.0952. The summed E-state index contributed by atoms with van der Waals surface area (Å²) in [5.74, 6) is 0. The fourth-order valence-corrected chi connectivity index (χ4v) is 2.58. The molecule has 0 amide bonds. The van der Waals surface area contributed by atoms with Crippen molar-refractivity contribution in [2.45, 2.75) is 13.8 Å². The summed E-state index contributed by atoms with van der Waals surface area (Å²) in [5, 5.41) is 0.616. The van der Waals surface area contributed by atoms with E-state index < -0.39 is 0 Å². The van der Waals surface area contributed by atoms with E-state index in [9.17, 15) is 0 Å². The molecular formula is C21H18Cl3CoN3. The molecule has 0 unspecified atom stereocenters. The van der Waals surface area contributed by atoms with Crippen molar-refractivity contribution in [1.29, 1.82) is 0 Å². The third kappa shape index (κ3) is 7.38. The molecule has 0 N–H and O–H groups in total. The molecule has 3 rings (SSSR count). The minimum atomic E-state index is 0. The van der Waals surface area contributed by atoms with Gasteiger partial charge in [-0.25, -0.2) is 4.98 Å².